The van der Waals surface area contributed by atoms with Gasteiger partial charge in [-0.05, 0) is 24.2 Å². The van der Waals surface area contributed by atoms with Crippen molar-refractivity contribution in [3.8, 4) is 6.07 Å². The van der Waals surface area contributed by atoms with Crippen LogP contribution in [0.3, 0.4) is 0 Å². The van der Waals surface area contributed by atoms with Crippen LogP contribution in [0.5, 0.6) is 0 Å². The van der Waals surface area contributed by atoms with Crippen molar-refractivity contribution >= 4 is 17.7 Å². The van der Waals surface area contributed by atoms with Crippen LogP contribution < -0.4 is 5.32 Å². The topological polar surface area (TPSA) is 52.9 Å². The molecule has 0 spiro atoms. The third-order valence-electron chi connectivity index (χ3n) is 2.77. The first-order chi connectivity index (χ1) is 8.31. The van der Waals surface area contributed by atoms with Gasteiger partial charge in [0.05, 0.1) is 11.3 Å². The van der Waals surface area contributed by atoms with E-state index in [0.29, 0.717) is 0 Å². The lowest BCUT2D eigenvalue weighted by Gasteiger charge is -2.14. The number of nitrogens with zero attached hydrogens (tertiary/aromatic N) is 1. The molecule has 1 aliphatic rings. The fourth-order valence-corrected chi connectivity index (χ4v) is 3.03. The Labute approximate surface area is 105 Å². The van der Waals surface area contributed by atoms with Crippen molar-refractivity contribution < 1.29 is 4.79 Å². The second-order valence-corrected chi connectivity index (χ2v) is 5.29. The van der Waals surface area contributed by atoms with E-state index in [1.807, 2.05) is 30.3 Å². The molecule has 0 radical (unpaired) electrons. The minimum atomic E-state index is -0.537. The summed E-state index contributed by atoms with van der Waals surface area (Å²) in [4.78, 5) is 11.9. The summed E-state index contributed by atoms with van der Waals surface area (Å²) in [5.41, 5.74) is 0.839. The van der Waals surface area contributed by atoms with Crippen LogP contribution in [0.25, 0.3) is 0 Å². The minimum Gasteiger partial charge on any atom is -0.336 e. The summed E-state index contributed by atoms with van der Waals surface area (Å²) in [6, 6.07) is 10.9. The molecular formula is C13H14N2OS. The highest BCUT2D eigenvalue weighted by atomic mass is 32.2. The molecule has 1 aromatic carbocycles. The minimum absolute atomic E-state index is 0.0112. The smallest absolute Gasteiger partial charge is 0.234 e. The van der Waals surface area contributed by atoms with Crippen molar-refractivity contribution in [2.75, 3.05) is 5.75 Å². The molecular weight excluding hydrogens is 232 g/mol. The predicted molar refractivity (Wildman–Crippen MR) is 68.4 cm³/mol. The quantitative estimate of drug-likeness (QED) is 0.890. The number of carbonyl (C=O) groups excluding carboxylic acids is 1. The lowest BCUT2D eigenvalue weighted by molar-refractivity contribution is -0.121. The summed E-state index contributed by atoms with van der Waals surface area (Å²) in [7, 11) is 0. The van der Waals surface area contributed by atoms with Gasteiger partial charge in [0.2, 0.25) is 5.91 Å². The van der Waals surface area contributed by atoms with Gasteiger partial charge >= 0.3 is 0 Å². The summed E-state index contributed by atoms with van der Waals surface area (Å²) in [5, 5.41) is 11.9. The number of nitriles is 1. The number of carbonyl (C=O) groups is 1. The number of hydrogen-bond donors (Lipinski definition) is 1. The number of hydrogen-bond acceptors (Lipinski definition) is 3. The third kappa shape index (κ3) is 3.01. The molecule has 1 N–H and O–H groups in total. The zero-order chi connectivity index (χ0) is 12.1. The maximum absolute atomic E-state index is 11.9. The Balaban J connectivity index is 2.01. The Morgan fingerprint density at radius 2 is 2.24 bits per heavy atom. The van der Waals surface area contributed by atoms with E-state index in [0.717, 1.165) is 24.2 Å². The Bertz CT molecular complexity index is 421. The summed E-state index contributed by atoms with van der Waals surface area (Å²) in [6.45, 7) is 0. The molecule has 0 aliphatic carbocycles. The molecule has 1 fully saturated rings. The average Bonchev–Trinajstić information content (AvgIpc) is 2.90. The van der Waals surface area contributed by atoms with Gasteiger partial charge in [-0.1, -0.05) is 30.3 Å². The SMILES string of the molecule is N#CC(NC(=O)C1CCCS1)c1ccccc1. The van der Waals surface area contributed by atoms with Crippen LogP contribution in [0.2, 0.25) is 0 Å². The monoisotopic (exact) mass is 246 g/mol. The lowest BCUT2D eigenvalue weighted by Crippen LogP contribution is -2.34. The number of amides is 1. The highest BCUT2D eigenvalue weighted by Gasteiger charge is 2.25. The highest BCUT2D eigenvalue weighted by molar-refractivity contribution is 8.00. The normalized spacial score (nSPS) is 20.5. The summed E-state index contributed by atoms with van der Waals surface area (Å²) < 4.78 is 0. The van der Waals surface area contributed by atoms with Gasteiger partial charge in [0.15, 0.2) is 0 Å². The zero-order valence-corrected chi connectivity index (χ0v) is 10.2. The molecule has 0 saturated carbocycles. The highest BCUT2D eigenvalue weighted by Crippen LogP contribution is 2.26. The molecule has 0 aromatic heterocycles. The summed E-state index contributed by atoms with van der Waals surface area (Å²) >= 11 is 1.68. The van der Waals surface area contributed by atoms with Crippen molar-refractivity contribution in [3.05, 3.63) is 35.9 Å². The van der Waals surface area contributed by atoms with Crippen LogP contribution in [0.15, 0.2) is 30.3 Å². The van der Waals surface area contributed by atoms with Crippen LogP contribution in [0.1, 0.15) is 24.4 Å². The third-order valence-corrected chi connectivity index (χ3v) is 4.15. The van der Waals surface area contributed by atoms with Crippen molar-refractivity contribution in [1.29, 1.82) is 5.26 Å². The van der Waals surface area contributed by atoms with Gasteiger partial charge < -0.3 is 5.32 Å². The number of benzene rings is 1. The first kappa shape index (κ1) is 12.0. The predicted octanol–water partition coefficient (Wildman–Crippen LogP) is 2.26. The second-order valence-electron chi connectivity index (χ2n) is 3.98. The molecule has 2 rings (SSSR count). The molecule has 1 aliphatic heterocycles. The van der Waals surface area contributed by atoms with Gasteiger partial charge in [0.1, 0.15) is 6.04 Å². The van der Waals surface area contributed by atoms with E-state index in [-0.39, 0.29) is 11.2 Å². The maximum Gasteiger partial charge on any atom is 0.234 e. The van der Waals surface area contributed by atoms with Crippen molar-refractivity contribution in [1.82, 2.24) is 5.32 Å². The number of thioether (sulfide) groups is 1. The van der Waals surface area contributed by atoms with Gasteiger partial charge in [-0.2, -0.15) is 5.26 Å². The van der Waals surface area contributed by atoms with E-state index in [1.165, 1.54) is 0 Å². The van der Waals surface area contributed by atoms with E-state index < -0.39 is 6.04 Å². The van der Waals surface area contributed by atoms with Gasteiger partial charge in [0, 0.05) is 0 Å². The van der Waals surface area contributed by atoms with E-state index in [1.54, 1.807) is 11.8 Å². The second kappa shape index (κ2) is 5.74. The van der Waals surface area contributed by atoms with E-state index in [9.17, 15) is 4.79 Å². The average molecular weight is 246 g/mol. The van der Waals surface area contributed by atoms with Gasteiger partial charge in [-0.15, -0.1) is 11.8 Å². The summed E-state index contributed by atoms with van der Waals surface area (Å²) in [6.07, 6.45) is 2.01. The van der Waals surface area contributed by atoms with E-state index >= 15 is 0 Å². The van der Waals surface area contributed by atoms with Crippen molar-refractivity contribution in [2.24, 2.45) is 0 Å². The Morgan fingerprint density at radius 1 is 1.47 bits per heavy atom. The Hall–Kier alpha value is -1.47. The molecule has 1 saturated heterocycles. The largest absolute Gasteiger partial charge is 0.336 e. The van der Waals surface area contributed by atoms with Crippen molar-refractivity contribution in [3.63, 3.8) is 0 Å². The first-order valence-electron chi connectivity index (χ1n) is 5.68. The number of nitrogens with one attached hydrogen (secondary N) is 1. The van der Waals surface area contributed by atoms with Crippen LogP contribution in [-0.4, -0.2) is 16.9 Å². The molecule has 0 bridgehead atoms. The molecule has 1 heterocycles. The standard InChI is InChI=1S/C13H14N2OS/c14-9-11(10-5-2-1-3-6-10)15-13(16)12-7-4-8-17-12/h1-3,5-6,11-12H,4,7-8H2,(H,15,16). The van der Waals surface area contributed by atoms with Crippen LogP contribution >= 0.6 is 11.8 Å². The lowest BCUT2D eigenvalue weighted by atomic mass is 10.1. The van der Waals surface area contributed by atoms with E-state index in [2.05, 4.69) is 11.4 Å². The van der Waals surface area contributed by atoms with Crippen LogP contribution in [-0.2, 0) is 4.79 Å². The summed E-state index contributed by atoms with van der Waals surface area (Å²) in [5.74, 6) is 1.03. The van der Waals surface area contributed by atoms with Crippen LogP contribution in [0, 0.1) is 11.3 Å². The van der Waals surface area contributed by atoms with Gasteiger partial charge in [-0.3, -0.25) is 4.79 Å². The molecule has 4 heteroatoms. The molecule has 17 heavy (non-hydrogen) atoms. The fraction of sp³-hybridized carbons (Fsp3) is 0.385. The zero-order valence-electron chi connectivity index (χ0n) is 9.43. The molecule has 3 nitrogen and oxygen atoms in total. The maximum atomic E-state index is 11.9. The molecule has 1 aromatic rings. The number of rotatable bonds is 3. The molecule has 88 valence electrons. The van der Waals surface area contributed by atoms with Crippen LogP contribution in [0.4, 0.5) is 0 Å². The van der Waals surface area contributed by atoms with Gasteiger partial charge in [-0.25, -0.2) is 0 Å². The molecule has 2 atom stereocenters. The Kier molecular flexibility index (Phi) is 4.05. The van der Waals surface area contributed by atoms with Gasteiger partial charge in [0.25, 0.3) is 0 Å². The molecule has 1 amide bonds. The van der Waals surface area contributed by atoms with Crippen molar-refractivity contribution in [2.45, 2.75) is 24.1 Å². The van der Waals surface area contributed by atoms with E-state index in [4.69, 9.17) is 5.26 Å². The first-order valence-corrected chi connectivity index (χ1v) is 6.72. The molecule has 2 unspecified atom stereocenters. The fourth-order valence-electron chi connectivity index (χ4n) is 1.86. The Morgan fingerprint density at radius 3 is 2.82 bits per heavy atom.